The van der Waals surface area contributed by atoms with Crippen LogP contribution in [0.2, 0.25) is 0 Å². The Labute approximate surface area is 194 Å². The molecule has 0 bridgehead atoms. The normalized spacial score (nSPS) is 13.5. The minimum absolute atomic E-state index is 0.104. The van der Waals surface area contributed by atoms with E-state index in [1.807, 2.05) is 32.0 Å². The first-order chi connectivity index (χ1) is 15.8. The van der Waals surface area contributed by atoms with Gasteiger partial charge in [0.15, 0.2) is 0 Å². The number of carbonyl (C=O) groups excluding carboxylic acids is 3. The topological polar surface area (TPSA) is 108 Å². The van der Waals surface area contributed by atoms with Gasteiger partial charge >= 0.3 is 0 Å². The van der Waals surface area contributed by atoms with Crippen LogP contribution in [0.4, 0.5) is 0 Å². The molecule has 178 valence electrons. The second-order valence-electron chi connectivity index (χ2n) is 8.30. The molecule has 8 nitrogen and oxygen atoms in total. The molecule has 2 rings (SSSR count). The predicted molar refractivity (Wildman–Crippen MR) is 125 cm³/mol. The van der Waals surface area contributed by atoms with Crippen molar-refractivity contribution < 1.29 is 24.3 Å². The van der Waals surface area contributed by atoms with Crippen molar-refractivity contribution in [1.29, 1.82) is 0 Å². The van der Waals surface area contributed by atoms with Crippen LogP contribution in [0, 0.1) is 11.8 Å². The highest BCUT2D eigenvalue weighted by Crippen LogP contribution is 2.32. The number of nitrogens with one attached hydrogen (secondary N) is 2. The number of benzene rings is 2. The van der Waals surface area contributed by atoms with Crippen LogP contribution in [0.5, 0.6) is 5.75 Å². The molecule has 3 atom stereocenters. The minimum atomic E-state index is -0.891. The highest BCUT2D eigenvalue weighted by molar-refractivity contribution is 5.89. The number of rotatable bonds is 12. The highest BCUT2D eigenvalue weighted by atomic mass is 16.5. The van der Waals surface area contributed by atoms with Crippen molar-refractivity contribution in [1.82, 2.24) is 15.7 Å². The number of hydroxylamine groups is 2. The molecule has 2 unspecified atom stereocenters. The lowest BCUT2D eigenvalue weighted by molar-refractivity contribution is -0.170. The molecule has 0 heterocycles. The molecule has 0 aliphatic carbocycles. The van der Waals surface area contributed by atoms with Crippen LogP contribution in [0.1, 0.15) is 37.4 Å². The summed E-state index contributed by atoms with van der Waals surface area (Å²) >= 11 is 0. The smallest absolute Gasteiger partial charge is 0.242 e. The summed E-state index contributed by atoms with van der Waals surface area (Å²) in [5.74, 6) is -0.730. The molecule has 0 saturated heterocycles. The first-order valence-electron chi connectivity index (χ1n) is 10.9. The number of methoxy groups -OCH3 is 1. The summed E-state index contributed by atoms with van der Waals surface area (Å²) in [5, 5.41) is 16.3. The Kier molecular flexibility index (Phi) is 9.87. The third-order valence-corrected chi connectivity index (χ3v) is 5.46. The van der Waals surface area contributed by atoms with Crippen molar-refractivity contribution in [2.75, 3.05) is 14.2 Å². The Balaban J connectivity index is 2.33. The summed E-state index contributed by atoms with van der Waals surface area (Å²) in [6.45, 7) is 3.91. The fourth-order valence-corrected chi connectivity index (χ4v) is 3.83. The second kappa shape index (κ2) is 12.6. The van der Waals surface area contributed by atoms with E-state index in [4.69, 9.17) is 4.74 Å². The molecule has 0 radical (unpaired) electrons. The SMILES string of the molecule is CNC(=O)[C@H](Cc1ccc(OC)cc1)NC(=O)C(CC(C)C)C(c1ccccc1)N(O)C=O. The molecular formula is C25H33N3O5. The van der Waals surface area contributed by atoms with Crippen molar-refractivity contribution in [2.45, 2.75) is 38.8 Å². The third kappa shape index (κ3) is 7.32. The van der Waals surface area contributed by atoms with Gasteiger partial charge in [-0.2, -0.15) is 0 Å². The van der Waals surface area contributed by atoms with Crippen LogP contribution < -0.4 is 15.4 Å². The fraction of sp³-hybridized carbons (Fsp3) is 0.400. The van der Waals surface area contributed by atoms with Crippen molar-refractivity contribution in [3.63, 3.8) is 0 Å². The summed E-state index contributed by atoms with van der Waals surface area (Å²) in [4.78, 5) is 37.5. The molecule has 0 aliphatic heterocycles. The monoisotopic (exact) mass is 455 g/mol. The lowest BCUT2D eigenvalue weighted by atomic mass is 9.85. The molecule has 3 N–H and O–H groups in total. The lowest BCUT2D eigenvalue weighted by Crippen LogP contribution is -2.51. The Hall–Kier alpha value is -3.39. The van der Waals surface area contributed by atoms with Crippen LogP contribution in [-0.2, 0) is 20.8 Å². The van der Waals surface area contributed by atoms with Gasteiger partial charge in [-0.15, -0.1) is 0 Å². The predicted octanol–water partition coefficient (Wildman–Crippen LogP) is 2.72. The van der Waals surface area contributed by atoms with Gasteiger partial charge in [-0.3, -0.25) is 19.6 Å². The summed E-state index contributed by atoms with van der Waals surface area (Å²) in [6, 6.07) is 14.4. The van der Waals surface area contributed by atoms with E-state index in [2.05, 4.69) is 10.6 Å². The van der Waals surface area contributed by atoms with Crippen molar-refractivity contribution in [3.05, 3.63) is 65.7 Å². The van der Waals surface area contributed by atoms with Gasteiger partial charge in [-0.1, -0.05) is 56.3 Å². The minimum Gasteiger partial charge on any atom is -0.497 e. The standard InChI is InChI=1S/C25H33N3O5/c1-17(2)14-21(23(28(32)16-29)19-8-6-5-7-9-19)24(30)27-22(25(31)26-3)15-18-10-12-20(33-4)13-11-18/h5-13,16-17,21-23,32H,14-15H2,1-4H3,(H,26,31)(H,27,30)/t21?,22-,23?/m0/s1. The second-order valence-corrected chi connectivity index (χ2v) is 8.30. The van der Waals surface area contributed by atoms with Crippen LogP contribution in [0.3, 0.4) is 0 Å². The van der Waals surface area contributed by atoms with Gasteiger partial charge in [0, 0.05) is 13.5 Å². The van der Waals surface area contributed by atoms with Crippen molar-refractivity contribution in [3.8, 4) is 5.75 Å². The van der Waals surface area contributed by atoms with Gasteiger partial charge in [0.1, 0.15) is 11.8 Å². The molecule has 33 heavy (non-hydrogen) atoms. The van der Waals surface area contributed by atoms with Crippen LogP contribution in [0.15, 0.2) is 54.6 Å². The molecule has 0 spiro atoms. The first kappa shape index (κ1) is 25.9. The molecule has 0 saturated carbocycles. The number of likely N-dealkylation sites (N-methyl/N-ethyl adjacent to an activating group) is 1. The zero-order chi connectivity index (χ0) is 24.4. The molecular weight excluding hydrogens is 422 g/mol. The largest absolute Gasteiger partial charge is 0.497 e. The molecule has 0 aliphatic rings. The Morgan fingerprint density at radius 2 is 1.70 bits per heavy atom. The third-order valence-electron chi connectivity index (χ3n) is 5.46. The molecule has 2 aromatic rings. The van der Waals surface area contributed by atoms with Gasteiger partial charge in [0.2, 0.25) is 18.2 Å². The number of hydrogen-bond donors (Lipinski definition) is 3. The quantitative estimate of drug-likeness (QED) is 0.259. The number of ether oxygens (including phenoxy) is 1. The van der Waals surface area contributed by atoms with E-state index in [-0.39, 0.29) is 18.2 Å². The van der Waals surface area contributed by atoms with Crippen molar-refractivity contribution >= 4 is 18.2 Å². The Bertz CT molecular complexity index is 902. The van der Waals surface area contributed by atoms with Gasteiger partial charge in [-0.05, 0) is 35.6 Å². The Morgan fingerprint density at radius 1 is 1.06 bits per heavy atom. The number of carbonyl (C=O) groups is 3. The van der Waals surface area contributed by atoms with E-state index in [0.717, 1.165) is 5.56 Å². The van der Waals surface area contributed by atoms with Gasteiger partial charge in [0.05, 0.1) is 19.1 Å². The van der Waals surface area contributed by atoms with Crippen LogP contribution >= 0.6 is 0 Å². The zero-order valence-electron chi connectivity index (χ0n) is 19.5. The molecule has 3 amide bonds. The van der Waals surface area contributed by atoms with Gasteiger partial charge in [-0.25, -0.2) is 5.06 Å². The van der Waals surface area contributed by atoms with E-state index in [1.165, 1.54) is 7.05 Å². The van der Waals surface area contributed by atoms with Gasteiger partial charge < -0.3 is 15.4 Å². The average Bonchev–Trinajstić information content (AvgIpc) is 2.83. The van der Waals surface area contributed by atoms with Gasteiger partial charge in [0.25, 0.3) is 0 Å². The average molecular weight is 456 g/mol. The molecule has 0 fully saturated rings. The highest BCUT2D eigenvalue weighted by Gasteiger charge is 2.36. The fourth-order valence-electron chi connectivity index (χ4n) is 3.83. The number of amides is 3. The summed E-state index contributed by atoms with van der Waals surface area (Å²) < 4.78 is 5.17. The maximum atomic E-state index is 13.5. The lowest BCUT2D eigenvalue weighted by Gasteiger charge is -2.32. The molecule has 0 aromatic heterocycles. The molecule has 8 heteroatoms. The molecule has 2 aromatic carbocycles. The van der Waals surface area contributed by atoms with E-state index in [9.17, 15) is 19.6 Å². The maximum Gasteiger partial charge on any atom is 0.242 e. The zero-order valence-corrected chi connectivity index (χ0v) is 19.5. The van der Waals surface area contributed by atoms with E-state index in [0.29, 0.717) is 29.2 Å². The number of hydrogen-bond acceptors (Lipinski definition) is 5. The van der Waals surface area contributed by atoms with E-state index in [1.54, 1.807) is 43.5 Å². The van der Waals surface area contributed by atoms with Crippen LogP contribution in [-0.4, -0.2) is 48.7 Å². The van der Waals surface area contributed by atoms with E-state index < -0.39 is 23.9 Å². The summed E-state index contributed by atoms with van der Waals surface area (Å²) in [5.41, 5.74) is 1.47. The Morgan fingerprint density at radius 3 is 2.21 bits per heavy atom. The summed E-state index contributed by atoms with van der Waals surface area (Å²) in [6.07, 6.45) is 0.974. The summed E-state index contributed by atoms with van der Waals surface area (Å²) in [7, 11) is 3.08. The number of nitrogens with zero attached hydrogens (tertiary/aromatic N) is 1. The maximum absolute atomic E-state index is 13.5. The van der Waals surface area contributed by atoms with Crippen LogP contribution in [0.25, 0.3) is 0 Å². The van der Waals surface area contributed by atoms with Crippen molar-refractivity contribution in [2.24, 2.45) is 11.8 Å². The first-order valence-corrected chi connectivity index (χ1v) is 10.9. The van der Waals surface area contributed by atoms with E-state index >= 15 is 0 Å².